The van der Waals surface area contributed by atoms with Gasteiger partial charge in [0.25, 0.3) is 0 Å². The highest BCUT2D eigenvalue weighted by Gasteiger charge is 2.24. The predicted molar refractivity (Wildman–Crippen MR) is 85.6 cm³/mol. The molecule has 108 valence electrons. The standard InChI is InChI=1S/C19H21NO/c1-4-15-10-11-19(21-3)17(12-15)18(13-20)14(2)16-8-6-5-7-9-16/h5-12,14,18H,4H2,1-3H3. The van der Waals surface area contributed by atoms with Crippen LogP contribution in [0.5, 0.6) is 5.75 Å². The van der Waals surface area contributed by atoms with Crippen molar-refractivity contribution in [2.45, 2.75) is 32.1 Å². The molecule has 0 fully saturated rings. The molecule has 0 amide bonds. The lowest BCUT2D eigenvalue weighted by molar-refractivity contribution is 0.406. The van der Waals surface area contributed by atoms with Crippen molar-refractivity contribution in [3.8, 4) is 11.8 Å². The Morgan fingerprint density at radius 2 is 1.86 bits per heavy atom. The van der Waals surface area contributed by atoms with Crippen molar-refractivity contribution in [1.29, 1.82) is 5.26 Å². The molecule has 0 radical (unpaired) electrons. The third-order valence-corrected chi connectivity index (χ3v) is 4.00. The molecule has 2 atom stereocenters. The number of aryl methyl sites for hydroxylation is 1. The molecule has 2 aromatic rings. The van der Waals surface area contributed by atoms with Crippen LogP contribution in [0.4, 0.5) is 0 Å². The minimum atomic E-state index is -0.214. The second-order valence-electron chi connectivity index (χ2n) is 5.24. The lowest BCUT2D eigenvalue weighted by Crippen LogP contribution is -2.08. The number of benzene rings is 2. The maximum Gasteiger partial charge on any atom is 0.123 e. The number of nitriles is 1. The number of rotatable bonds is 5. The number of ether oxygens (including phenoxy) is 1. The zero-order valence-electron chi connectivity index (χ0n) is 12.8. The summed E-state index contributed by atoms with van der Waals surface area (Å²) in [5, 5.41) is 9.69. The second-order valence-corrected chi connectivity index (χ2v) is 5.24. The fraction of sp³-hybridized carbons (Fsp3) is 0.316. The average molecular weight is 279 g/mol. The van der Waals surface area contributed by atoms with Gasteiger partial charge < -0.3 is 4.74 Å². The van der Waals surface area contributed by atoms with Crippen molar-refractivity contribution in [2.75, 3.05) is 7.11 Å². The predicted octanol–water partition coefficient (Wildman–Crippen LogP) is 4.67. The Morgan fingerprint density at radius 1 is 1.14 bits per heavy atom. The van der Waals surface area contributed by atoms with Crippen LogP contribution in [-0.2, 0) is 6.42 Å². The Morgan fingerprint density at radius 3 is 2.43 bits per heavy atom. The largest absolute Gasteiger partial charge is 0.496 e. The van der Waals surface area contributed by atoms with E-state index < -0.39 is 0 Å². The molecule has 2 unspecified atom stereocenters. The molecule has 0 saturated heterocycles. The summed E-state index contributed by atoms with van der Waals surface area (Å²) in [5.41, 5.74) is 3.38. The Kier molecular flexibility index (Phi) is 5.00. The Hall–Kier alpha value is -2.27. The van der Waals surface area contributed by atoms with Crippen molar-refractivity contribution >= 4 is 0 Å². The lowest BCUT2D eigenvalue weighted by Gasteiger charge is -2.21. The first-order chi connectivity index (χ1) is 10.2. The van der Waals surface area contributed by atoms with E-state index in [0.717, 1.165) is 17.7 Å². The highest BCUT2D eigenvalue weighted by Crippen LogP contribution is 2.37. The van der Waals surface area contributed by atoms with Gasteiger partial charge in [0.1, 0.15) is 5.75 Å². The van der Waals surface area contributed by atoms with Gasteiger partial charge in [-0.3, -0.25) is 0 Å². The quantitative estimate of drug-likeness (QED) is 0.797. The van der Waals surface area contributed by atoms with Crippen LogP contribution in [0.15, 0.2) is 48.5 Å². The Bertz CT molecular complexity index is 628. The molecular formula is C19H21NO. The molecule has 0 aliphatic heterocycles. The number of hydrogen-bond acceptors (Lipinski definition) is 2. The second kappa shape index (κ2) is 6.95. The van der Waals surface area contributed by atoms with Gasteiger partial charge in [-0.25, -0.2) is 0 Å². The van der Waals surface area contributed by atoms with Crippen molar-refractivity contribution in [3.05, 3.63) is 65.2 Å². The molecule has 2 nitrogen and oxygen atoms in total. The summed E-state index contributed by atoms with van der Waals surface area (Å²) >= 11 is 0. The van der Waals surface area contributed by atoms with Crippen molar-refractivity contribution < 1.29 is 4.74 Å². The van der Waals surface area contributed by atoms with Gasteiger partial charge in [0.2, 0.25) is 0 Å². The van der Waals surface area contributed by atoms with Gasteiger partial charge in [-0.05, 0) is 23.6 Å². The highest BCUT2D eigenvalue weighted by molar-refractivity contribution is 5.44. The van der Waals surface area contributed by atoms with E-state index in [0.29, 0.717) is 0 Å². The van der Waals surface area contributed by atoms with E-state index in [9.17, 15) is 5.26 Å². The molecule has 0 spiro atoms. The lowest BCUT2D eigenvalue weighted by atomic mass is 9.82. The fourth-order valence-electron chi connectivity index (χ4n) is 2.65. The zero-order chi connectivity index (χ0) is 15.2. The van der Waals surface area contributed by atoms with Crippen LogP contribution in [0.3, 0.4) is 0 Å². The smallest absolute Gasteiger partial charge is 0.123 e. The van der Waals surface area contributed by atoms with Crippen molar-refractivity contribution in [2.24, 2.45) is 0 Å². The summed E-state index contributed by atoms with van der Waals surface area (Å²) in [5.74, 6) is 0.701. The van der Waals surface area contributed by atoms with E-state index in [1.807, 2.05) is 24.3 Å². The molecule has 21 heavy (non-hydrogen) atoms. The summed E-state index contributed by atoms with van der Waals surface area (Å²) in [6.07, 6.45) is 0.953. The molecule has 0 saturated carbocycles. The normalized spacial score (nSPS) is 13.2. The average Bonchev–Trinajstić information content (AvgIpc) is 2.56. The molecule has 2 rings (SSSR count). The Labute approximate surface area is 127 Å². The SMILES string of the molecule is CCc1ccc(OC)c(C(C#N)C(C)c2ccccc2)c1. The molecule has 0 N–H and O–H groups in total. The van der Waals surface area contributed by atoms with Gasteiger partial charge in [0.05, 0.1) is 19.1 Å². The van der Waals surface area contributed by atoms with Gasteiger partial charge in [0, 0.05) is 11.5 Å². The molecular weight excluding hydrogens is 258 g/mol. The van der Waals surface area contributed by atoms with Crippen LogP contribution in [0, 0.1) is 11.3 Å². The van der Waals surface area contributed by atoms with Gasteiger partial charge in [0.15, 0.2) is 0 Å². The first-order valence-electron chi connectivity index (χ1n) is 7.32. The summed E-state index contributed by atoms with van der Waals surface area (Å²) in [6, 6.07) is 18.8. The van der Waals surface area contributed by atoms with E-state index in [1.54, 1.807) is 7.11 Å². The summed E-state index contributed by atoms with van der Waals surface area (Å²) in [4.78, 5) is 0. The van der Waals surface area contributed by atoms with Gasteiger partial charge in [-0.2, -0.15) is 5.26 Å². The number of hydrogen-bond donors (Lipinski definition) is 0. The molecule has 0 heterocycles. The van der Waals surface area contributed by atoms with Crippen LogP contribution in [0.2, 0.25) is 0 Å². The molecule has 0 aliphatic rings. The first kappa shape index (κ1) is 15.1. The van der Waals surface area contributed by atoms with Gasteiger partial charge in [-0.15, -0.1) is 0 Å². The fourth-order valence-corrected chi connectivity index (χ4v) is 2.65. The van der Waals surface area contributed by atoms with Gasteiger partial charge >= 0.3 is 0 Å². The number of nitrogens with zero attached hydrogens (tertiary/aromatic N) is 1. The topological polar surface area (TPSA) is 33.0 Å². The summed E-state index contributed by atoms with van der Waals surface area (Å²) < 4.78 is 5.46. The minimum absolute atomic E-state index is 0.122. The monoisotopic (exact) mass is 279 g/mol. The zero-order valence-corrected chi connectivity index (χ0v) is 12.8. The number of methoxy groups -OCH3 is 1. The van der Waals surface area contributed by atoms with E-state index in [1.165, 1.54) is 11.1 Å². The Balaban J connectivity index is 2.44. The molecule has 2 aromatic carbocycles. The van der Waals surface area contributed by atoms with Crippen LogP contribution in [0.25, 0.3) is 0 Å². The van der Waals surface area contributed by atoms with Crippen molar-refractivity contribution in [3.63, 3.8) is 0 Å². The van der Waals surface area contributed by atoms with E-state index in [2.05, 4.69) is 44.2 Å². The molecule has 0 aliphatic carbocycles. The third kappa shape index (κ3) is 3.25. The van der Waals surface area contributed by atoms with E-state index in [4.69, 9.17) is 4.74 Å². The molecule has 2 heteroatoms. The first-order valence-corrected chi connectivity index (χ1v) is 7.32. The van der Waals surface area contributed by atoms with Crippen LogP contribution in [0.1, 0.15) is 42.4 Å². The van der Waals surface area contributed by atoms with E-state index >= 15 is 0 Å². The molecule has 0 aromatic heterocycles. The van der Waals surface area contributed by atoms with Gasteiger partial charge in [-0.1, -0.05) is 56.3 Å². The minimum Gasteiger partial charge on any atom is -0.496 e. The summed E-state index contributed by atoms with van der Waals surface area (Å²) in [6.45, 7) is 4.22. The van der Waals surface area contributed by atoms with Crippen LogP contribution in [-0.4, -0.2) is 7.11 Å². The third-order valence-electron chi connectivity index (χ3n) is 4.00. The maximum atomic E-state index is 9.69. The van der Waals surface area contributed by atoms with Crippen molar-refractivity contribution in [1.82, 2.24) is 0 Å². The maximum absolute atomic E-state index is 9.69. The molecule has 0 bridgehead atoms. The summed E-state index contributed by atoms with van der Waals surface area (Å²) in [7, 11) is 1.66. The highest BCUT2D eigenvalue weighted by atomic mass is 16.5. The van der Waals surface area contributed by atoms with E-state index in [-0.39, 0.29) is 11.8 Å². The van der Waals surface area contributed by atoms with Crippen LogP contribution >= 0.6 is 0 Å². The van der Waals surface area contributed by atoms with Crippen LogP contribution < -0.4 is 4.74 Å².